The zero-order valence-electron chi connectivity index (χ0n) is 13.2. The van der Waals surface area contributed by atoms with Crippen LogP contribution < -0.4 is 10.2 Å². The number of para-hydroxylation sites is 1. The summed E-state index contributed by atoms with van der Waals surface area (Å²) in [6.45, 7) is 7.18. The van der Waals surface area contributed by atoms with Gasteiger partial charge in [-0.05, 0) is 25.5 Å². The van der Waals surface area contributed by atoms with Gasteiger partial charge in [0.15, 0.2) is 0 Å². The van der Waals surface area contributed by atoms with Gasteiger partial charge in [0.25, 0.3) is 0 Å². The van der Waals surface area contributed by atoms with Gasteiger partial charge in [-0.15, -0.1) is 0 Å². The van der Waals surface area contributed by atoms with Crippen LogP contribution in [0.4, 0.5) is 10.1 Å². The van der Waals surface area contributed by atoms with Crippen LogP contribution in [0.25, 0.3) is 0 Å². The summed E-state index contributed by atoms with van der Waals surface area (Å²) in [6, 6.07) is 6.48. The van der Waals surface area contributed by atoms with Crippen LogP contribution in [0.2, 0.25) is 0 Å². The van der Waals surface area contributed by atoms with E-state index < -0.39 is 0 Å². The maximum atomic E-state index is 13.8. The molecule has 21 heavy (non-hydrogen) atoms. The predicted octanol–water partition coefficient (Wildman–Crippen LogP) is 2.58. The Kier molecular flexibility index (Phi) is 7.15. The average Bonchev–Trinajstić information content (AvgIpc) is 2.47. The van der Waals surface area contributed by atoms with Gasteiger partial charge in [0, 0.05) is 19.1 Å². The number of carbonyl (C=O) groups excluding carboxylic acids is 1. The summed E-state index contributed by atoms with van der Waals surface area (Å²) < 4.78 is 18.7. The van der Waals surface area contributed by atoms with Crippen molar-refractivity contribution >= 4 is 11.7 Å². The number of halogens is 1. The topological polar surface area (TPSA) is 41.6 Å². The van der Waals surface area contributed by atoms with Crippen LogP contribution >= 0.6 is 0 Å². The summed E-state index contributed by atoms with van der Waals surface area (Å²) in [6.07, 6.45) is 0.563. The van der Waals surface area contributed by atoms with Crippen LogP contribution in [0, 0.1) is 5.82 Å². The monoisotopic (exact) mass is 296 g/mol. The van der Waals surface area contributed by atoms with Gasteiger partial charge in [0.2, 0.25) is 0 Å². The third kappa shape index (κ3) is 5.34. The first-order valence-electron chi connectivity index (χ1n) is 7.32. The highest BCUT2D eigenvalue weighted by Crippen LogP contribution is 2.19. The Labute approximate surface area is 126 Å². The molecule has 1 aromatic rings. The molecule has 118 valence electrons. The standard InChI is InChI=1S/C16H25FN2O2/c1-5-19(15-9-7-6-8-13(15)17)11-10-14(16(20)21-4)18-12(2)3/h6-9,12,14,18H,5,10-11H2,1-4H3. The molecule has 1 N–H and O–H groups in total. The Bertz CT molecular complexity index is 452. The number of rotatable bonds is 8. The number of ether oxygens (including phenoxy) is 1. The lowest BCUT2D eigenvalue weighted by atomic mass is 10.1. The van der Waals surface area contributed by atoms with E-state index in [4.69, 9.17) is 4.74 Å². The number of anilines is 1. The molecule has 1 rings (SSSR count). The van der Waals surface area contributed by atoms with Crippen LogP contribution in [0.1, 0.15) is 27.2 Å². The van der Waals surface area contributed by atoms with Crippen LogP contribution in [0.3, 0.4) is 0 Å². The lowest BCUT2D eigenvalue weighted by Crippen LogP contribution is -2.44. The van der Waals surface area contributed by atoms with E-state index in [-0.39, 0.29) is 23.9 Å². The Balaban J connectivity index is 2.72. The molecule has 1 aromatic carbocycles. The van der Waals surface area contributed by atoms with Crippen molar-refractivity contribution in [1.82, 2.24) is 5.32 Å². The molecule has 4 nitrogen and oxygen atoms in total. The largest absolute Gasteiger partial charge is 0.468 e. The molecule has 0 radical (unpaired) electrons. The van der Waals surface area contributed by atoms with E-state index >= 15 is 0 Å². The van der Waals surface area contributed by atoms with Crippen molar-refractivity contribution < 1.29 is 13.9 Å². The van der Waals surface area contributed by atoms with Crippen LogP contribution in [0.15, 0.2) is 24.3 Å². The molecule has 0 aliphatic rings. The minimum Gasteiger partial charge on any atom is -0.468 e. The molecule has 0 heterocycles. The summed E-state index contributed by atoms with van der Waals surface area (Å²) in [4.78, 5) is 13.7. The van der Waals surface area contributed by atoms with Crippen LogP contribution in [-0.2, 0) is 9.53 Å². The number of nitrogens with one attached hydrogen (secondary N) is 1. The van der Waals surface area contributed by atoms with Crippen molar-refractivity contribution in [2.24, 2.45) is 0 Å². The van der Waals surface area contributed by atoms with E-state index in [2.05, 4.69) is 5.32 Å². The van der Waals surface area contributed by atoms with Gasteiger partial charge in [-0.3, -0.25) is 4.79 Å². The van der Waals surface area contributed by atoms with Crippen molar-refractivity contribution in [3.8, 4) is 0 Å². The Morgan fingerprint density at radius 2 is 2.05 bits per heavy atom. The molecule has 0 aliphatic heterocycles. The molecule has 0 bridgehead atoms. The van der Waals surface area contributed by atoms with Gasteiger partial charge in [0.1, 0.15) is 11.9 Å². The summed E-state index contributed by atoms with van der Waals surface area (Å²) in [5.41, 5.74) is 0.563. The SMILES string of the molecule is CCN(CCC(NC(C)C)C(=O)OC)c1ccccc1F. The van der Waals surface area contributed by atoms with E-state index in [1.54, 1.807) is 12.1 Å². The fraction of sp³-hybridized carbons (Fsp3) is 0.562. The van der Waals surface area contributed by atoms with Gasteiger partial charge in [-0.2, -0.15) is 0 Å². The Hall–Kier alpha value is -1.62. The van der Waals surface area contributed by atoms with E-state index in [1.165, 1.54) is 13.2 Å². The van der Waals surface area contributed by atoms with E-state index in [9.17, 15) is 9.18 Å². The van der Waals surface area contributed by atoms with Crippen LogP contribution in [-0.4, -0.2) is 38.3 Å². The van der Waals surface area contributed by atoms with Gasteiger partial charge >= 0.3 is 5.97 Å². The van der Waals surface area contributed by atoms with Gasteiger partial charge in [-0.25, -0.2) is 4.39 Å². The fourth-order valence-electron chi connectivity index (χ4n) is 2.26. The van der Waals surface area contributed by atoms with Crippen molar-refractivity contribution in [2.75, 3.05) is 25.1 Å². The van der Waals surface area contributed by atoms with Gasteiger partial charge < -0.3 is 15.0 Å². The van der Waals surface area contributed by atoms with Gasteiger partial charge in [-0.1, -0.05) is 26.0 Å². The number of methoxy groups -OCH3 is 1. The lowest BCUT2D eigenvalue weighted by Gasteiger charge is -2.26. The molecular formula is C16H25FN2O2. The first kappa shape index (κ1) is 17.4. The first-order chi connectivity index (χ1) is 9.99. The third-order valence-electron chi connectivity index (χ3n) is 3.28. The average molecular weight is 296 g/mol. The lowest BCUT2D eigenvalue weighted by molar-refractivity contribution is -0.143. The first-order valence-corrected chi connectivity index (χ1v) is 7.32. The molecule has 0 saturated carbocycles. The quantitative estimate of drug-likeness (QED) is 0.749. The van der Waals surface area contributed by atoms with Crippen molar-refractivity contribution in [1.29, 1.82) is 0 Å². The molecular weight excluding hydrogens is 271 g/mol. The number of hydrogen-bond acceptors (Lipinski definition) is 4. The maximum absolute atomic E-state index is 13.8. The minimum atomic E-state index is -0.379. The minimum absolute atomic E-state index is 0.178. The summed E-state index contributed by atoms with van der Waals surface area (Å²) in [5, 5.41) is 3.18. The molecule has 1 unspecified atom stereocenters. The molecule has 0 aromatic heterocycles. The van der Waals surface area contributed by atoms with Crippen molar-refractivity contribution in [3.63, 3.8) is 0 Å². The Morgan fingerprint density at radius 3 is 2.57 bits per heavy atom. The molecule has 0 amide bonds. The van der Waals surface area contributed by atoms with E-state index in [1.807, 2.05) is 31.7 Å². The number of carbonyl (C=O) groups is 1. The van der Waals surface area contributed by atoms with Gasteiger partial charge in [0.05, 0.1) is 12.8 Å². The van der Waals surface area contributed by atoms with E-state index in [0.717, 1.165) is 0 Å². The summed E-state index contributed by atoms with van der Waals surface area (Å²) in [5.74, 6) is -0.529. The van der Waals surface area contributed by atoms with E-state index in [0.29, 0.717) is 25.2 Å². The maximum Gasteiger partial charge on any atom is 0.322 e. The molecule has 0 spiro atoms. The second-order valence-electron chi connectivity index (χ2n) is 5.22. The van der Waals surface area contributed by atoms with Crippen LogP contribution in [0.5, 0.6) is 0 Å². The third-order valence-corrected chi connectivity index (χ3v) is 3.28. The molecule has 0 aliphatic carbocycles. The molecule has 0 saturated heterocycles. The second-order valence-corrected chi connectivity index (χ2v) is 5.22. The number of esters is 1. The fourth-order valence-corrected chi connectivity index (χ4v) is 2.26. The molecule has 1 atom stereocenters. The number of benzene rings is 1. The van der Waals surface area contributed by atoms with Crippen molar-refractivity contribution in [2.45, 2.75) is 39.3 Å². The summed E-state index contributed by atoms with van der Waals surface area (Å²) >= 11 is 0. The highest BCUT2D eigenvalue weighted by atomic mass is 19.1. The number of hydrogen-bond donors (Lipinski definition) is 1. The zero-order valence-corrected chi connectivity index (χ0v) is 13.2. The predicted molar refractivity (Wildman–Crippen MR) is 83.0 cm³/mol. The highest BCUT2D eigenvalue weighted by Gasteiger charge is 2.21. The zero-order chi connectivity index (χ0) is 15.8. The molecule has 0 fully saturated rings. The highest BCUT2D eigenvalue weighted by molar-refractivity contribution is 5.75. The van der Waals surface area contributed by atoms with Crippen molar-refractivity contribution in [3.05, 3.63) is 30.1 Å². The smallest absolute Gasteiger partial charge is 0.322 e. The molecule has 5 heteroatoms. The normalized spacial score (nSPS) is 12.3. The Morgan fingerprint density at radius 1 is 1.38 bits per heavy atom. The second kappa shape index (κ2) is 8.62. The summed E-state index contributed by atoms with van der Waals surface area (Å²) in [7, 11) is 1.38. The number of nitrogens with zero attached hydrogens (tertiary/aromatic N) is 1.